The van der Waals surface area contributed by atoms with Gasteiger partial charge in [0.1, 0.15) is 5.82 Å². The fourth-order valence-corrected chi connectivity index (χ4v) is 2.66. The molecule has 0 unspecified atom stereocenters. The summed E-state index contributed by atoms with van der Waals surface area (Å²) < 4.78 is 13.7. The van der Waals surface area contributed by atoms with E-state index in [4.69, 9.17) is 11.6 Å². The van der Waals surface area contributed by atoms with E-state index in [2.05, 4.69) is 15.6 Å². The number of hydrogen-bond donors (Lipinski definition) is 2. The Morgan fingerprint density at radius 3 is 2.44 bits per heavy atom. The van der Waals surface area contributed by atoms with Crippen LogP contribution in [0.2, 0.25) is 5.02 Å². The van der Waals surface area contributed by atoms with Crippen molar-refractivity contribution in [2.75, 3.05) is 5.32 Å². The first kappa shape index (κ1) is 18.5. The maximum Gasteiger partial charge on any atom is 0.258 e. The van der Waals surface area contributed by atoms with Crippen molar-refractivity contribution in [2.24, 2.45) is 0 Å². The topological polar surface area (TPSA) is 71.1 Å². The molecular weight excluding hydrogens is 369 g/mol. The molecule has 2 aromatic carbocycles. The number of nitrogens with zero attached hydrogens (tertiary/aromatic N) is 1. The lowest BCUT2D eigenvalue weighted by atomic mass is 10.1. The molecule has 0 bridgehead atoms. The normalized spacial score (nSPS) is 10.3. The number of amides is 2. The Balaban J connectivity index is 1.67. The summed E-state index contributed by atoms with van der Waals surface area (Å²) >= 11 is 6.16. The van der Waals surface area contributed by atoms with Crippen molar-refractivity contribution in [3.05, 3.63) is 94.5 Å². The fraction of sp³-hybridized carbons (Fsp3) is 0.0500. The predicted octanol–water partition coefficient (Wildman–Crippen LogP) is 4.06. The third-order valence-corrected chi connectivity index (χ3v) is 4.06. The summed E-state index contributed by atoms with van der Waals surface area (Å²) in [6.45, 7) is 0.266. The molecule has 2 N–H and O–H groups in total. The van der Waals surface area contributed by atoms with E-state index in [0.717, 1.165) is 5.69 Å². The number of halogens is 2. The molecule has 0 aliphatic heterocycles. The highest BCUT2D eigenvalue weighted by Crippen LogP contribution is 2.22. The van der Waals surface area contributed by atoms with Crippen molar-refractivity contribution < 1.29 is 14.0 Å². The minimum absolute atomic E-state index is 0.0780. The third-order valence-electron chi connectivity index (χ3n) is 3.75. The molecule has 0 radical (unpaired) electrons. The Bertz CT molecular complexity index is 980. The average molecular weight is 384 g/mol. The molecular formula is C20H15ClFN3O2. The Morgan fingerprint density at radius 2 is 1.74 bits per heavy atom. The second kappa shape index (κ2) is 8.42. The molecule has 1 heterocycles. The predicted molar refractivity (Wildman–Crippen MR) is 101 cm³/mol. The molecule has 1 aromatic heterocycles. The minimum atomic E-state index is -0.619. The van der Waals surface area contributed by atoms with Crippen LogP contribution < -0.4 is 10.6 Å². The smallest absolute Gasteiger partial charge is 0.258 e. The van der Waals surface area contributed by atoms with Crippen LogP contribution in [0.25, 0.3) is 0 Å². The SMILES string of the molecule is O=C(Nc1ccc(C(=O)NCc2ccccn2)c(Cl)c1)c1ccccc1F. The van der Waals surface area contributed by atoms with Gasteiger partial charge in [-0.3, -0.25) is 14.6 Å². The van der Waals surface area contributed by atoms with Crippen molar-refractivity contribution in [1.82, 2.24) is 10.3 Å². The number of rotatable bonds is 5. The van der Waals surface area contributed by atoms with Gasteiger partial charge in [0.2, 0.25) is 0 Å². The lowest BCUT2D eigenvalue weighted by Gasteiger charge is -2.10. The van der Waals surface area contributed by atoms with Crippen LogP contribution in [0.15, 0.2) is 66.9 Å². The molecule has 0 spiro atoms. The number of hydrogen-bond acceptors (Lipinski definition) is 3. The van der Waals surface area contributed by atoms with Gasteiger partial charge in [-0.05, 0) is 42.5 Å². The quantitative estimate of drug-likeness (QED) is 0.698. The van der Waals surface area contributed by atoms with Gasteiger partial charge in [-0.15, -0.1) is 0 Å². The summed E-state index contributed by atoms with van der Waals surface area (Å²) in [7, 11) is 0. The first-order valence-electron chi connectivity index (χ1n) is 8.08. The van der Waals surface area contributed by atoms with Crippen molar-refractivity contribution in [2.45, 2.75) is 6.54 Å². The molecule has 0 saturated heterocycles. The number of pyridine rings is 1. The maximum atomic E-state index is 13.7. The Labute approximate surface area is 160 Å². The van der Waals surface area contributed by atoms with Gasteiger partial charge in [-0.1, -0.05) is 29.8 Å². The molecule has 2 amide bonds. The summed E-state index contributed by atoms with van der Waals surface area (Å²) in [5.74, 6) is -1.58. The third kappa shape index (κ3) is 4.68. The summed E-state index contributed by atoms with van der Waals surface area (Å²) in [6.07, 6.45) is 1.64. The number of aromatic nitrogens is 1. The van der Waals surface area contributed by atoms with Crippen molar-refractivity contribution >= 4 is 29.1 Å². The second-order valence-corrected chi connectivity index (χ2v) is 6.04. The number of carbonyl (C=O) groups excluding carboxylic acids is 2. The van der Waals surface area contributed by atoms with Crippen LogP contribution in [0.4, 0.5) is 10.1 Å². The molecule has 0 saturated carbocycles. The zero-order valence-corrected chi connectivity index (χ0v) is 14.8. The maximum absolute atomic E-state index is 13.7. The lowest BCUT2D eigenvalue weighted by molar-refractivity contribution is 0.0950. The first-order chi connectivity index (χ1) is 13.0. The van der Waals surface area contributed by atoms with Gasteiger partial charge in [-0.2, -0.15) is 0 Å². The van der Waals surface area contributed by atoms with Crippen molar-refractivity contribution in [3.63, 3.8) is 0 Å². The van der Waals surface area contributed by atoms with Crippen LogP contribution >= 0.6 is 11.6 Å². The molecule has 3 aromatic rings. The standard InChI is InChI=1S/C20H15ClFN3O2/c21-17-11-13(25-20(27)16-6-1-2-7-18(16)22)8-9-15(17)19(26)24-12-14-5-3-4-10-23-14/h1-11H,12H2,(H,24,26)(H,25,27). The number of nitrogens with one attached hydrogen (secondary N) is 2. The monoisotopic (exact) mass is 383 g/mol. The van der Waals surface area contributed by atoms with E-state index < -0.39 is 11.7 Å². The average Bonchev–Trinajstić information content (AvgIpc) is 2.67. The number of carbonyl (C=O) groups is 2. The fourth-order valence-electron chi connectivity index (χ4n) is 2.39. The largest absolute Gasteiger partial charge is 0.346 e. The summed E-state index contributed by atoms with van der Waals surface area (Å²) in [4.78, 5) is 28.5. The molecule has 0 aliphatic rings. The van der Waals surface area contributed by atoms with Gasteiger partial charge >= 0.3 is 0 Å². The van der Waals surface area contributed by atoms with Gasteiger partial charge in [0, 0.05) is 11.9 Å². The van der Waals surface area contributed by atoms with E-state index >= 15 is 0 Å². The molecule has 0 aliphatic carbocycles. The molecule has 27 heavy (non-hydrogen) atoms. The Morgan fingerprint density at radius 1 is 0.963 bits per heavy atom. The molecule has 5 nitrogen and oxygen atoms in total. The highest BCUT2D eigenvalue weighted by atomic mass is 35.5. The van der Waals surface area contributed by atoms with E-state index in [1.165, 1.54) is 36.4 Å². The van der Waals surface area contributed by atoms with Crippen molar-refractivity contribution in [1.29, 1.82) is 0 Å². The number of benzene rings is 2. The molecule has 136 valence electrons. The Kier molecular flexibility index (Phi) is 5.78. The highest BCUT2D eigenvalue weighted by molar-refractivity contribution is 6.34. The summed E-state index contributed by atoms with van der Waals surface area (Å²) in [5, 5.41) is 5.45. The van der Waals surface area contributed by atoms with E-state index in [-0.39, 0.29) is 28.6 Å². The van der Waals surface area contributed by atoms with Gasteiger partial charge in [0.05, 0.1) is 28.4 Å². The molecule has 0 fully saturated rings. The zero-order valence-electron chi connectivity index (χ0n) is 14.1. The van der Waals surface area contributed by atoms with Gasteiger partial charge < -0.3 is 10.6 Å². The van der Waals surface area contributed by atoms with Gasteiger partial charge in [0.25, 0.3) is 11.8 Å². The van der Waals surface area contributed by atoms with Gasteiger partial charge in [0.15, 0.2) is 0 Å². The van der Waals surface area contributed by atoms with E-state index in [9.17, 15) is 14.0 Å². The van der Waals surface area contributed by atoms with Crippen LogP contribution in [-0.4, -0.2) is 16.8 Å². The van der Waals surface area contributed by atoms with Crippen LogP contribution in [0.5, 0.6) is 0 Å². The summed E-state index contributed by atoms with van der Waals surface area (Å²) in [6, 6.07) is 15.5. The minimum Gasteiger partial charge on any atom is -0.346 e. The van der Waals surface area contributed by atoms with Gasteiger partial charge in [-0.25, -0.2) is 4.39 Å². The summed E-state index contributed by atoms with van der Waals surface area (Å²) in [5.41, 5.74) is 1.26. The molecule has 3 rings (SSSR count). The van der Waals surface area contributed by atoms with Crippen LogP contribution in [0, 0.1) is 5.82 Å². The second-order valence-electron chi connectivity index (χ2n) is 5.63. The van der Waals surface area contributed by atoms with Crippen LogP contribution in [-0.2, 0) is 6.54 Å². The molecule has 7 heteroatoms. The molecule has 0 atom stereocenters. The van der Waals surface area contributed by atoms with E-state index in [1.54, 1.807) is 24.4 Å². The van der Waals surface area contributed by atoms with E-state index in [0.29, 0.717) is 5.69 Å². The highest BCUT2D eigenvalue weighted by Gasteiger charge is 2.14. The van der Waals surface area contributed by atoms with Crippen LogP contribution in [0.1, 0.15) is 26.4 Å². The Hall–Kier alpha value is -3.25. The van der Waals surface area contributed by atoms with E-state index in [1.807, 2.05) is 6.07 Å². The lowest BCUT2D eigenvalue weighted by Crippen LogP contribution is -2.23. The first-order valence-corrected chi connectivity index (χ1v) is 8.46. The number of anilines is 1. The van der Waals surface area contributed by atoms with Crippen molar-refractivity contribution in [3.8, 4) is 0 Å². The van der Waals surface area contributed by atoms with Crippen LogP contribution in [0.3, 0.4) is 0 Å². The zero-order chi connectivity index (χ0) is 19.2.